The van der Waals surface area contributed by atoms with Crippen LogP contribution in [0.2, 0.25) is 0 Å². The highest BCUT2D eigenvalue weighted by Crippen LogP contribution is 2.24. The van der Waals surface area contributed by atoms with E-state index in [9.17, 15) is 4.79 Å². The Morgan fingerprint density at radius 2 is 1.82 bits per heavy atom. The first-order chi connectivity index (χ1) is 13.7. The van der Waals surface area contributed by atoms with Gasteiger partial charge in [-0.25, -0.2) is 9.97 Å². The molecule has 1 fully saturated rings. The monoisotopic (exact) mass is 375 g/mol. The van der Waals surface area contributed by atoms with Crippen LogP contribution in [0.1, 0.15) is 10.4 Å². The molecule has 1 amide bonds. The van der Waals surface area contributed by atoms with Gasteiger partial charge in [-0.15, -0.1) is 0 Å². The van der Waals surface area contributed by atoms with E-state index < -0.39 is 0 Å². The zero-order valence-corrected chi connectivity index (χ0v) is 15.7. The summed E-state index contributed by atoms with van der Waals surface area (Å²) < 4.78 is 5.21. The lowest BCUT2D eigenvalue weighted by atomic mass is 10.1. The predicted molar refractivity (Wildman–Crippen MR) is 106 cm³/mol. The van der Waals surface area contributed by atoms with E-state index in [1.54, 1.807) is 38.0 Å². The van der Waals surface area contributed by atoms with Crippen LogP contribution < -0.4 is 9.64 Å². The van der Waals surface area contributed by atoms with E-state index in [2.05, 4.69) is 19.9 Å². The van der Waals surface area contributed by atoms with Crippen molar-refractivity contribution in [3.05, 3.63) is 66.7 Å². The summed E-state index contributed by atoms with van der Waals surface area (Å²) in [5, 5.41) is 0. The smallest absolute Gasteiger partial charge is 0.255 e. The van der Waals surface area contributed by atoms with Crippen LogP contribution >= 0.6 is 0 Å². The van der Waals surface area contributed by atoms with Gasteiger partial charge in [0.05, 0.1) is 18.4 Å². The van der Waals surface area contributed by atoms with Gasteiger partial charge in [0.25, 0.3) is 5.91 Å². The van der Waals surface area contributed by atoms with Crippen LogP contribution in [0.25, 0.3) is 11.3 Å². The number of ether oxygens (including phenoxy) is 1. The number of aromatic nitrogens is 3. The molecule has 2 aromatic heterocycles. The fourth-order valence-electron chi connectivity index (χ4n) is 3.25. The first kappa shape index (κ1) is 17.9. The normalized spacial score (nSPS) is 14.0. The topological polar surface area (TPSA) is 71.5 Å². The van der Waals surface area contributed by atoms with Crippen molar-refractivity contribution >= 4 is 11.7 Å². The molecule has 0 aliphatic carbocycles. The van der Waals surface area contributed by atoms with Gasteiger partial charge in [0, 0.05) is 50.2 Å². The highest BCUT2D eigenvalue weighted by molar-refractivity contribution is 5.94. The molecule has 3 heterocycles. The van der Waals surface area contributed by atoms with E-state index in [0.29, 0.717) is 18.7 Å². The number of anilines is 1. The molecule has 3 aromatic rings. The summed E-state index contributed by atoms with van der Waals surface area (Å²) in [6.07, 6.45) is 4.87. The molecule has 142 valence electrons. The second kappa shape index (κ2) is 8.04. The molecule has 1 aromatic carbocycles. The molecule has 7 nitrogen and oxygen atoms in total. The number of hydrogen-bond donors (Lipinski definition) is 0. The lowest BCUT2D eigenvalue weighted by Crippen LogP contribution is -2.49. The van der Waals surface area contributed by atoms with E-state index in [-0.39, 0.29) is 5.91 Å². The highest BCUT2D eigenvalue weighted by Gasteiger charge is 2.23. The van der Waals surface area contributed by atoms with E-state index in [4.69, 9.17) is 4.74 Å². The number of nitrogens with zero attached hydrogens (tertiary/aromatic N) is 5. The lowest BCUT2D eigenvalue weighted by Gasteiger charge is -2.35. The summed E-state index contributed by atoms with van der Waals surface area (Å²) in [4.78, 5) is 29.5. The maximum Gasteiger partial charge on any atom is 0.255 e. The molecule has 0 spiro atoms. The molecule has 1 aliphatic heterocycles. The third kappa shape index (κ3) is 3.78. The van der Waals surface area contributed by atoms with Crippen molar-refractivity contribution in [3.63, 3.8) is 0 Å². The zero-order valence-electron chi connectivity index (χ0n) is 15.7. The van der Waals surface area contributed by atoms with Gasteiger partial charge in [-0.2, -0.15) is 0 Å². The zero-order chi connectivity index (χ0) is 19.3. The molecule has 7 heteroatoms. The van der Waals surface area contributed by atoms with Crippen LogP contribution in [0.4, 0.5) is 5.82 Å². The van der Waals surface area contributed by atoms with Gasteiger partial charge >= 0.3 is 0 Å². The molecule has 1 saturated heterocycles. The molecule has 0 N–H and O–H groups in total. The minimum Gasteiger partial charge on any atom is -0.497 e. The Morgan fingerprint density at radius 3 is 2.50 bits per heavy atom. The second-order valence-corrected chi connectivity index (χ2v) is 6.51. The molecule has 0 atom stereocenters. The first-order valence-electron chi connectivity index (χ1n) is 9.15. The van der Waals surface area contributed by atoms with Gasteiger partial charge in [0.15, 0.2) is 0 Å². The number of rotatable bonds is 4. The number of benzene rings is 1. The molecule has 0 radical (unpaired) electrons. The number of carbonyl (C=O) groups excluding carboxylic acids is 1. The summed E-state index contributed by atoms with van der Waals surface area (Å²) in [5.74, 6) is 1.70. The quantitative estimate of drug-likeness (QED) is 0.698. The highest BCUT2D eigenvalue weighted by atomic mass is 16.5. The number of amides is 1. The Kier molecular flexibility index (Phi) is 5.14. The SMILES string of the molecule is COc1ccc(-c2cc(N3CCN(C(=O)c4cccnc4)CC3)ncn2)cc1. The van der Waals surface area contributed by atoms with Gasteiger partial charge in [-0.05, 0) is 36.4 Å². The Bertz CT molecular complexity index is 939. The van der Waals surface area contributed by atoms with E-state index in [1.165, 1.54) is 0 Å². The Hall–Kier alpha value is -3.48. The third-order valence-electron chi connectivity index (χ3n) is 4.84. The number of piperazine rings is 1. The van der Waals surface area contributed by atoms with Crippen molar-refractivity contribution in [1.82, 2.24) is 19.9 Å². The molecular weight excluding hydrogens is 354 g/mol. The third-order valence-corrected chi connectivity index (χ3v) is 4.84. The second-order valence-electron chi connectivity index (χ2n) is 6.51. The molecule has 0 saturated carbocycles. The van der Waals surface area contributed by atoms with Crippen molar-refractivity contribution in [2.75, 3.05) is 38.2 Å². The molecule has 1 aliphatic rings. The average molecular weight is 375 g/mol. The van der Waals surface area contributed by atoms with Crippen molar-refractivity contribution < 1.29 is 9.53 Å². The number of hydrogen-bond acceptors (Lipinski definition) is 6. The molecular formula is C21H21N5O2. The summed E-state index contributed by atoms with van der Waals surface area (Å²) >= 11 is 0. The van der Waals surface area contributed by atoms with Crippen molar-refractivity contribution in [1.29, 1.82) is 0 Å². The van der Waals surface area contributed by atoms with Crippen LogP contribution in [0.5, 0.6) is 5.75 Å². The molecule has 0 unspecified atom stereocenters. The Morgan fingerprint density at radius 1 is 1.04 bits per heavy atom. The van der Waals surface area contributed by atoms with Crippen LogP contribution in [0.3, 0.4) is 0 Å². The fraction of sp³-hybridized carbons (Fsp3) is 0.238. The Labute approximate surface area is 163 Å². The molecule has 28 heavy (non-hydrogen) atoms. The standard InChI is InChI=1S/C21H21N5O2/c1-28-18-6-4-16(5-7-18)19-13-20(24-15-23-19)25-9-11-26(12-10-25)21(27)17-3-2-8-22-14-17/h2-8,13-15H,9-12H2,1H3. The molecule has 0 bridgehead atoms. The number of methoxy groups -OCH3 is 1. The maximum atomic E-state index is 12.6. The largest absolute Gasteiger partial charge is 0.497 e. The van der Waals surface area contributed by atoms with Crippen LogP contribution in [-0.2, 0) is 0 Å². The summed E-state index contributed by atoms with van der Waals surface area (Å²) in [6.45, 7) is 2.75. The van der Waals surface area contributed by atoms with Crippen molar-refractivity contribution in [3.8, 4) is 17.0 Å². The lowest BCUT2D eigenvalue weighted by molar-refractivity contribution is 0.0746. The van der Waals surface area contributed by atoms with E-state index in [1.807, 2.05) is 35.2 Å². The first-order valence-corrected chi connectivity index (χ1v) is 9.15. The summed E-state index contributed by atoms with van der Waals surface area (Å²) in [7, 11) is 1.65. The van der Waals surface area contributed by atoms with Gasteiger partial charge < -0.3 is 14.5 Å². The minimum absolute atomic E-state index is 0.0226. The van der Waals surface area contributed by atoms with Gasteiger partial charge in [-0.1, -0.05) is 0 Å². The van der Waals surface area contributed by atoms with Crippen molar-refractivity contribution in [2.24, 2.45) is 0 Å². The minimum atomic E-state index is 0.0226. The number of carbonyl (C=O) groups is 1. The van der Waals surface area contributed by atoms with Gasteiger partial charge in [-0.3, -0.25) is 9.78 Å². The predicted octanol–water partition coefficient (Wildman–Crippen LogP) is 2.51. The Balaban J connectivity index is 1.44. The van der Waals surface area contributed by atoms with Crippen LogP contribution in [0, 0.1) is 0 Å². The summed E-state index contributed by atoms with van der Waals surface area (Å²) in [6, 6.07) is 13.4. The average Bonchev–Trinajstić information content (AvgIpc) is 2.79. The van der Waals surface area contributed by atoms with E-state index >= 15 is 0 Å². The maximum absolute atomic E-state index is 12.6. The van der Waals surface area contributed by atoms with Crippen molar-refractivity contribution in [2.45, 2.75) is 0 Å². The summed E-state index contributed by atoms with van der Waals surface area (Å²) in [5.41, 5.74) is 2.50. The number of pyridine rings is 1. The van der Waals surface area contributed by atoms with Gasteiger partial charge in [0.2, 0.25) is 0 Å². The van der Waals surface area contributed by atoms with Crippen LogP contribution in [-0.4, -0.2) is 59.0 Å². The fourth-order valence-corrected chi connectivity index (χ4v) is 3.25. The van der Waals surface area contributed by atoms with Crippen LogP contribution in [0.15, 0.2) is 61.2 Å². The molecule has 4 rings (SSSR count). The van der Waals surface area contributed by atoms with E-state index in [0.717, 1.165) is 35.9 Å². The van der Waals surface area contributed by atoms with Gasteiger partial charge in [0.1, 0.15) is 17.9 Å².